The van der Waals surface area contributed by atoms with E-state index in [0.29, 0.717) is 28.8 Å². The molecule has 4 aromatic rings. The molecule has 0 radical (unpaired) electrons. The Bertz CT molecular complexity index is 1480. The predicted molar refractivity (Wildman–Crippen MR) is 128 cm³/mol. The third kappa shape index (κ3) is 4.29. The number of aldehydes is 1. The second-order valence-electron chi connectivity index (χ2n) is 8.41. The van der Waals surface area contributed by atoms with Gasteiger partial charge in [-0.3, -0.25) is 9.69 Å². The van der Waals surface area contributed by atoms with Crippen molar-refractivity contribution >= 4 is 28.7 Å². The number of fused-ring (bicyclic) bond motifs is 3. The first-order valence-electron chi connectivity index (χ1n) is 10.9. The monoisotopic (exact) mass is 493 g/mol. The summed E-state index contributed by atoms with van der Waals surface area (Å²) in [6, 6.07) is 9.82. The number of aromatic nitrogens is 4. The minimum Gasteiger partial charge on any atom is -0.434 e. The highest BCUT2D eigenvalue weighted by molar-refractivity contribution is 7.11. The number of rotatable bonds is 5. The smallest absolute Gasteiger partial charge is 0.387 e. The molecule has 10 heteroatoms. The van der Waals surface area contributed by atoms with Crippen LogP contribution >= 0.6 is 11.3 Å². The number of imidazole rings is 1. The van der Waals surface area contributed by atoms with E-state index in [4.69, 9.17) is 9.72 Å². The van der Waals surface area contributed by atoms with Gasteiger partial charge in [0, 0.05) is 16.7 Å². The number of alkyl halides is 2. The van der Waals surface area contributed by atoms with Crippen molar-refractivity contribution in [1.82, 2.24) is 24.6 Å². The largest absolute Gasteiger partial charge is 0.434 e. The molecule has 0 bridgehead atoms. The fourth-order valence-electron chi connectivity index (χ4n) is 4.55. The minimum absolute atomic E-state index is 0.00982. The summed E-state index contributed by atoms with van der Waals surface area (Å²) in [6.45, 7) is -1.14. The number of carbonyl (C=O) groups is 1. The van der Waals surface area contributed by atoms with Crippen LogP contribution in [0.25, 0.3) is 11.0 Å². The first-order chi connectivity index (χ1) is 16.9. The van der Waals surface area contributed by atoms with Crippen LogP contribution in [0.4, 0.5) is 8.78 Å². The second kappa shape index (κ2) is 9.17. The summed E-state index contributed by atoms with van der Waals surface area (Å²) in [6.07, 6.45) is 1.23. The van der Waals surface area contributed by atoms with Gasteiger partial charge in [0.05, 0.1) is 23.1 Å². The van der Waals surface area contributed by atoms with Gasteiger partial charge in [-0.15, -0.1) is 10.2 Å². The first kappa shape index (κ1) is 23.1. The maximum Gasteiger partial charge on any atom is 0.387 e. The molecule has 2 atom stereocenters. The van der Waals surface area contributed by atoms with Gasteiger partial charge in [-0.25, -0.2) is 4.98 Å². The molecule has 2 aromatic heterocycles. The van der Waals surface area contributed by atoms with Crippen LogP contribution in [0.5, 0.6) is 5.75 Å². The van der Waals surface area contributed by atoms with Crippen LogP contribution in [0.3, 0.4) is 0 Å². The average Bonchev–Trinajstić information content (AvgIpc) is 3.51. The molecule has 1 aliphatic heterocycles. The van der Waals surface area contributed by atoms with Crippen LogP contribution in [0, 0.1) is 18.8 Å². The van der Waals surface area contributed by atoms with Gasteiger partial charge in [0.1, 0.15) is 16.6 Å². The molecular weight excluding hydrogens is 472 g/mol. The summed E-state index contributed by atoms with van der Waals surface area (Å²) >= 11 is 1.42. The second-order valence-corrected chi connectivity index (χ2v) is 9.59. The van der Waals surface area contributed by atoms with E-state index in [2.05, 4.69) is 22.0 Å². The molecule has 0 saturated carbocycles. The molecular formula is C25H21F2N5O2S. The summed E-state index contributed by atoms with van der Waals surface area (Å²) in [4.78, 5) is 18.8. The molecule has 0 fully saturated rings. The first-order valence-corrected chi connectivity index (χ1v) is 11.7. The van der Waals surface area contributed by atoms with Crippen LogP contribution in [0.2, 0.25) is 0 Å². The molecule has 2 unspecified atom stereocenters. The summed E-state index contributed by atoms with van der Waals surface area (Å²) < 4.78 is 33.3. The van der Waals surface area contributed by atoms with Crippen LogP contribution in [-0.2, 0) is 0 Å². The topological polar surface area (TPSA) is 73.1 Å². The molecule has 3 heterocycles. The zero-order chi connectivity index (χ0) is 24.7. The Hall–Kier alpha value is -3.68. The quantitative estimate of drug-likeness (QED) is 0.299. The number of hydrogen-bond acceptors (Lipinski definition) is 7. The van der Waals surface area contributed by atoms with Gasteiger partial charge in [-0.05, 0) is 57.6 Å². The Morgan fingerprint density at radius 1 is 1.23 bits per heavy atom. The third-order valence-corrected chi connectivity index (χ3v) is 6.77. The number of carbonyl (C=O) groups excluding carboxylic acids is 1. The van der Waals surface area contributed by atoms with Gasteiger partial charge in [0.15, 0.2) is 11.3 Å². The van der Waals surface area contributed by atoms with E-state index >= 15 is 0 Å². The van der Waals surface area contributed by atoms with Crippen molar-refractivity contribution in [3.63, 3.8) is 0 Å². The van der Waals surface area contributed by atoms with Gasteiger partial charge in [0.25, 0.3) is 0 Å². The molecule has 0 saturated heterocycles. The number of halogens is 2. The maximum atomic E-state index is 13.2. The Morgan fingerprint density at radius 2 is 2.06 bits per heavy atom. The van der Waals surface area contributed by atoms with Crippen molar-refractivity contribution in [2.24, 2.45) is 0 Å². The number of aryl methyl sites for hydroxylation is 1. The van der Waals surface area contributed by atoms with Crippen LogP contribution in [0.15, 0.2) is 36.4 Å². The lowest BCUT2D eigenvalue weighted by molar-refractivity contribution is -0.0507. The molecule has 7 nitrogen and oxygen atoms in total. The molecule has 178 valence electrons. The number of hydrogen-bond donors (Lipinski definition) is 0. The van der Waals surface area contributed by atoms with Gasteiger partial charge >= 0.3 is 6.61 Å². The fraction of sp³-hybridized carbons (Fsp3) is 0.280. The van der Waals surface area contributed by atoms with E-state index in [1.807, 2.05) is 48.7 Å². The molecule has 5 rings (SSSR count). The van der Waals surface area contributed by atoms with Crippen LogP contribution < -0.4 is 4.74 Å². The van der Waals surface area contributed by atoms with E-state index in [0.717, 1.165) is 27.4 Å². The van der Waals surface area contributed by atoms with Crippen molar-refractivity contribution in [1.29, 1.82) is 0 Å². The molecule has 0 spiro atoms. The number of ether oxygens (including phenoxy) is 1. The van der Waals surface area contributed by atoms with Crippen molar-refractivity contribution in [2.75, 3.05) is 14.1 Å². The van der Waals surface area contributed by atoms with Crippen LogP contribution in [0.1, 0.15) is 55.8 Å². The molecule has 35 heavy (non-hydrogen) atoms. The Kier molecular flexibility index (Phi) is 6.05. The van der Waals surface area contributed by atoms with E-state index in [9.17, 15) is 13.6 Å². The zero-order valence-electron chi connectivity index (χ0n) is 19.2. The lowest BCUT2D eigenvalue weighted by atomic mass is 9.96. The predicted octanol–water partition coefficient (Wildman–Crippen LogP) is 4.61. The summed E-state index contributed by atoms with van der Waals surface area (Å²) in [5, 5.41) is 9.49. The molecule has 0 N–H and O–H groups in total. The fourth-order valence-corrected chi connectivity index (χ4v) is 5.10. The number of benzene rings is 2. The number of nitrogens with zero attached hydrogens (tertiary/aromatic N) is 5. The Balaban J connectivity index is 1.68. The normalized spacial score (nSPS) is 17.0. The highest BCUT2D eigenvalue weighted by Gasteiger charge is 2.38. The van der Waals surface area contributed by atoms with Crippen molar-refractivity contribution in [3.8, 4) is 17.6 Å². The molecule has 1 aliphatic rings. The van der Waals surface area contributed by atoms with Crippen molar-refractivity contribution < 1.29 is 18.3 Å². The third-order valence-electron chi connectivity index (χ3n) is 6.01. The van der Waals surface area contributed by atoms with Gasteiger partial charge in [-0.1, -0.05) is 29.4 Å². The van der Waals surface area contributed by atoms with Crippen molar-refractivity contribution in [2.45, 2.75) is 32.0 Å². The summed E-state index contributed by atoms with van der Waals surface area (Å²) in [5.41, 5.74) is 3.05. The SMILES string of the molecule is Cc1nnc(C#Cc2ccc3nc4n(c3c2)C(c2c(C=O)cccc2OC(F)F)CC4N(C)C)s1. The van der Waals surface area contributed by atoms with Gasteiger partial charge in [0.2, 0.25) is 0 Å². The standard InChI is InChI=1S/C25H21F2N5O2S/c1-14-29-30-22(35-14)10-8-15-7-9-17-18(11-15)32-19(12-20(31(2)3)24(32)28-17)23-16(13-33)5-4-6-21(23)34-25(26)27/h4-7,9,11,13,19-20,25H,12H2,1-3H3. The zero-order valence-corrected chi connectivity index (χ0v) is 20.0. The molecule has 0 aliphatic carbocycles. The lowest BCUT2D eigenvalue weighted by Gasteiger charge is -2.22. The summed E-state index contributed by atoms with van der Waals surface area (Å²) in [7, 11) is 3.89. The van der Waals surface area contributed by atoms with E-state index in [1.165, 1.54) is 17.4 Å². The average molecular weight is 494 g/mol. The highest BCUT2D eigenvalue weighted by atomic mass is 32.1. The van der Waals surface area contributed by atoms with Crippen molar-refractivity contribution in [3.05, 3.63) is 68.9 Å². The van der Waals surface area contributed by atoms with Gasteiger partial charge < -0.3 is 9.30 Å². The van der Waals surface area contributed by atoms with E-state index in [-0.39, 0.29) is 11.8 Å². The Labute approximate surface area is 204 Å². The van der Waals surface area contributed by atoms with Crippen LogP contribution in [-0.4, -0.2) is 51.6 Å². The Morgan fingerprint density at radius 3 is 2.74 bits per heavy atom. The lowest BCUT2D eigenvalue weighted by Crippen LogP contribution is -2.18. The van der Waals surface area contributed by atoms with E-state index in [1.54, 1.807) is 12.1 Å². The van der Waals surface area contributed by atoms with E-state index < -0.39 is 12.7 Å². The highest BCUT2D eigenvalue weighted by Crippen LogP contribution is 2.46. The summed E-state index contributed by atoms with van der Waals surface area (Å²) in [5.74, 6) is 6.94. The minimum atomic E-state index is -3.01. The maximum absolute atomic E-state index is 13.2. The molecule has 0 amide bonds. The van der Waals surface area contributed by atoms with Gasteiger partial charge in [-0.2, -0.15) is 8.78 Å². The molecule has 2 aromatic carbocycles.